The van der Waals surface area contributed by atoms with Gasteiger partial charge in [0.1, 0.15) is 0 Å². The Morgan fingerprint density at radius 2 is 2.10 bits per heavy atom. The third kappa shape index (κ3) is 1.06. The predicted molar refractivity (Wildman–Crippen MR) is 41.8 cm³/mol. The first kappa shape index (κ1) is 6.62. The zero-order chi connectivity index (χ0) is 7.14. The summed E-state index contributed by atoms with van der Waals surface area (Å²) in [7, 11) is 0. The van der Waals surface area contributed by atoms with Crippen LogP contribution in [-0.2, 0) is 0 Å². The fraction of sp³-hybridized carbons (Fsp3) is 1.00. The SMILES string of the molecule is C[C@H]1C[C@@H](N)CN1C1CC1. The van der Waals surface area contributed by atoms with E-state index in [9.17, 15) is 0 Å². The number of nitrogens with zero attached hydrogens (tertiary/aromatic N) is 1. The Morgan fingerprint density at radius 3 is 2.50 bits per heavy atom. The predicted octanol–water partition coefficient (Wildman–Crippen LogP) is 0.570. The highest BCUT2D eigenvalue weighted by Crippen LogP contribution is 2.32. The Hall–Kier alpha value is -0.0800. The molecule has 1 saturated heterocycles. The lowest BCUT2D eigenvalue weighted by molar-refractivity contribution is 0.257. The molecule has 0 unspecified atom stereocenters. The second kappa shape index (κ2) is 2.21. The number of nitrogens with two attached hydrogens (primary N) is 1. The molecule has 2 atom stereocenters. The molecule has 10 heavy (non-hydrogen) atoms. The van der Waals surface area contributed by atoms with E-state index in [1.165, 1.54) is 19.3 Å². The van der Waals surface area contributed by atoms with Crippen LogP contribution in [0, 0.1) is 0 Å². The van der Waals surface area contributed by atoms with Crippen molar-refractivity contribution in [3.63, 3.8) is 0 Å². The van der Waals surface area contributed by atoms with E-state index in [2.05, 4.69) is 11.8 Å². The van der Waals surface area contributed by atoms with Crippen LogP contribution in [-0.4, -0.2) is 29.6 Å². The van der Waals surface area contributed by atoms with Gasteiger partial charge in [0.15, 0.2) is 0 Å². The van der Waals surface area contributed by atoms with Gasteiger partial charge in [0.2, 0.25) is 0 Å². The van der Waals surface area contributed by atoms with Crippen LogP contribution in [0.3, 0.4) is 0 Å². The molecule has 0 bridgehead atoms. The van der Waals surface area contributed by atoms with Crippen LogP contribution in [0.1, 0.15) is 26.2 Å². The van der Waals surface area contributed by atoms with E-state index in [0.717, 1.165) is 18.6 Å². The highest BCUT2D eigenvalue weighted by molar-refractivity contribution is 4.94. The van der Waals surface area contributed by atoms with Crippen molar-refractivity contribution in [2.24, 2.45) is 5.73 Å². The topological polar surface area (TPSA) is 29.3 Å². The van der Waals surface area contributed by atoms with Gasteiger partial charge in [-0.3, -0.25) is 4.90 Å². The van der Waals surface area contributed by atoms with Gasteiger partial charge >= 0.3 is 0 Å². The normalized spacial score (nSPS) is 42.6. The molecule has 1 saturated carbocycles. The molecule has 1 aliphatic carbocycles. The first-order valence-corrected chi connectivity index (χ1v) is 4.28. The van der Waals surface area contributed by atoms with Gasteiger partial charge in [-0.2, -0.15) is 0 Å². The maximum absolute atomic E-state index is 5.84. The lowest BCUT2D eigenvalue weighted by atomic mass is 10.2. The summed E-state index contributed by atoms with van der Waals surface area (Å²) in [6.45, 7) is 3.44. The smallest absolute Gasteiger partial charge is 0.0182 e. The zero-order valence-electron chi connectivity index (χ0n) is 6.59. The van der Waals surface area contributed by atoms with Gasteiger partial charge < -0.3 is 5.73 Å². The molecule has 0 aromatic heterocycles. The van der Waals surface area contributed by atoms with Crippen LogP contribution in [0.15, 0.2) is 0 Å². The monoisotopic (exact) mass is 140 g/mol. The van der Waals surface area contributed by atoms with Crippen molar-refractivity contribution in [1.82, 2.24) is 4.90 Å². The van der Waals surface area contributed by atoms with Crippen molar-refractivity contribution in [3.8, 4) is 0 Å². The fourth-order valence-corrected chi connectivity index (χ4v) is 2.01. The van der Waals surface area contributed by atoms with Gasteiger partial charge in [-0.25, -0.2) is 0 Å². The molecule has 0 spiro atoms. The highest BCUT2D eigenvalue weighted by atomic mass is 15.2. The summed E-state index contributed by atoms with van der Waals surface area (Å²) < 4.78 is 0. The second-order valence-electron chi connectivity index (χ2n) is 3.77. The molecule has 58 valence electrons. The summed E-state index contributed by atoms with van der Waals surface area (Å²) in [5.74, 6) is 0. The molecule has 1 aliphatic heterocycles. The Bertz CT molecular complexity index is 131. The molecular weight excluding hydrogens is 124 g/mol. The summed E-state index contributed by atoms with van der Waals surface area (Å²) >= 11 is 0. The van der Waals surface area contributed by atoms with Crippen molar-refractivity contribution in [2.75, 3.05) is 6.54 Å². The summed E-state index contributed by atoms with van der Waals surface area (Å²) in [6.07, 6.45) is 4.03. The maximum atomic E-state index is 5.84. The van der Waals surface area contributed by atoms with E-state index in [1.54, 1.807) is 0 Å². The van der Waals surface area contributed by atoms with Gasteiger partial charge in [-0.1, -0.05) is 0 Å². The van der Waals surface area contributed by atoms with Gasteiger partial charge in [0, 0.05) is 24.7 Å². The fourth-order valence-electron chi connectivity index (χ4n) is 2.01. The van der Waals surface area contributed by atoms with Crippen molar-refractivity contribution in [1.29, 1.82) is 0 Å². The minimum atomic E-state index is 0.454. The van der Waals surface area contributed by atoms with Crippen LogP contribution >= 0.6 is 0 Å². The number of hydrogen-bond acceptors (Lipinski definition) is 2. The molecule has 0 radical (unpaired) electrons. The van der Waals surface area contributed by atoms with E-state index in [0.29, 0.717) is 6.04 Å². The average Bonchev–Trinajstić information content (AvgIpc) is 2.61. The zero-order valence-corrected chi connectivity index (χ0v) is 6.59. The van der Waals surface area contributed by atoms with Crippen molar-refractivity contribution in [2.45, 2.75) is 44.3 Å². The molecule has 0 amide bonds. The van der Waals surface area contributed by atoms with Crippen molar-refractivity contribution in [3.05, 3.63) is 0 Å². The minimum Gasteiger partial charge on any atom is -0.326 e. The van der Waals surface area contributed by atoms with E-state index >= 15 is 0 Å². The number of hydrogen-bond donors (Lipinski definition) is 1. The summed E-state index contributed by atoms with van der Waals surface area (Å²) in [5.41, 5.74) is 5.84. The molecule has 2 aliphatic rings. The highest BCUT2D eigenvalue weighted by Gasteiger charge is 2.37. The molecular formula is C8H16N2. The van der Waals surface area contributed by atoms with Crippen LogP contribution in [0.2, 0.25) is 0 Å². The molecule has 2 N–H and O–H groups in total. The maximum Gasteiger partial charge on any atom is 0.0182 e. The van der Waals surface area contributed by atoms with E-state index < -0.39 is 0 Å². The van der Waals surface area contributed by atoms with Gasteiger partial charge in [-0.05, 0) is 26.2 Å². The first-order chi connectivity index (χ1) is 4.77. The summed E-state index contributed by atoms with van der Waals surface area (Å²) in [6, 6.07) is 2.11. The molecule has 2 nitrogen and oxygen atoms in total. The Morgan fingerprint density at radius 1 is 1.40 bits per heavy atom. The molecule has 2 rings (SSSR count). The lowest BCUT2D eigenvalue weighted by Gasteiger charge is -2.19. The standard InChI is InChI=1S/C8H16N2/c1-6-4-7(9)5-10(6)8-2-3-8/h6-8H,2-5,9H2,1H3/t6-,7+/m0/s1. The van der Waals surface area contributed by atoms with Crippen molar-refractivity contribution >= 4 is 0 Å². The Balaban J connectivity index is 1.95. The molecule has 1 heterocycles. The Kier molecular flexibility index (Phi) is 1.46. The molecule has 0 aromatic rings. The number of rotatable bonds is 1. The minimum absolute atomic E-state index is 0.454. The molecule has 2 heteroatoms. The number of likely N-dealkylation sites (tertiary alicyclic amines) is 1. The summed E-state index contributed by atoms with van der Waals surface area (Å²) in [4.78, 5) is 2.57. The van der Waals surface area contributed by atoms with E-state index in [1.807, 2.05) is 0 Å². The van der Waals surface area contributed by atoms with Gasteiger partial charge in [-0.15, -0.1) is 0 Å². The molecule has 2 fully saturated rings. The van der Waals surface area contributed by atoms with Gasteiger partial charge in [0.05, 0.1) is 0 Å². The third-order valence-electron chi connectivity index (χ3n) is 2.67. The Labute approximate surface area is 62.4 Å². The average molecular weight is 140 g/mol. The van der Waals surface area contributed by atoms with Crippen LogP contribution < -0.4 is 5.73 Å². The van der Waals surface area contributed by atoms with Crippen LogP contribution in [0.4, 0.5) is 0 Å². The van der Waals surface area contributed by atoms with Crippen molar-refractivity contribution < 1.29 is 0 Å². The van der Waals surface area contributed by atoms with Crippen LogP contribution in [0.25, 0.3) is 0 Å². The third-order valence-corrected chi connectivity index (χ3v) is 2.67. The molecule has 0 aromatic carbocycles. The second-order valence-corrected chi connectivity index (χ2v) is 3.77. The van der Waals surface area contributed by atoms with E-state index in [4.69, 9.17) is 5.73 Å². The largest absolute Gasteiger partial charge is 0.326 e. The lowest BCUT2D eigenvalue weighted by Crippen LogP contribution is -2.31. The van der Waals surface area contributed by atoms with E-state index in [-0.39, 0.29) is 0 Å². The summed E-state index contributed by atoms with van der Waals surface area (Å²) in [5, 5.41) is 0. The first-order valence-electron chi connectivity index (χ1n) is 4.28. The van der Waals surface area contributed by atoms with Gasteiger partial charge in [0.25, 0.3) is 0 Å². The van der Waals surface area contributed by atoms with Crippen LogP contribution in [0.5, 0.6) is 0 Å². The quantitative estimate of drug-likeness (QED) is 0.577.